The van der Waals surface area contributed by atoms with Crippen molar-refractivity contribution in [2.45, 2.75) is 25.9 Å². The molecule has 1 heterocycles. The van der Waals surface area contributed by atoms with Gasteiger partial charge < -0.3 is 15.7 Å². The maximum Gasteiger partial charge on any atom is 0.228 e. The van der Waals surface area contributed by atoms with E-state index < -0.39 is 6.10 Å². The predicted molar refractivity (Wildman–Crippen MR) is 63.8 cm³/mol. The molecule has 1 atom stereocenters. The van der Waals surface area contributed by atoms with Crippen LogP contribution in [0.5, 0.6) is 0 Å². The molecule has 0 aliphatic carbocycles. The largest absolute Gasteiger partial charge is 0.391 e. The Morgan fingerprint density at radius 1 is 1.31 bits per heavy atom. The SMILES string of the molecule is CCCC(O)CNc1nc(Cl)nc(NC)n1. The second-order valence-electron chi connectivity index (χ2n) is 3.33. The van der Waals surface area contributed by atoms with Crippen LogP contribution in [0.4, 0.5) is 11.9 Å². The summed E-state index contributed by atoms with van der Waals surface area (Å²) in [5, 5.41) is 15.3. The quantitative estimate of drug-likeness (QED) is 0.697. The lowest BCUT2D eigenvalue weighted by molar-refractivity contribution is 0.176. The summed E-state index contributed by atoms with van der Waals surface area (Å²) >= 11 is 5.70. The van der Waals surface area contributed by atoms with E-state index in [1.54, 1.807) is 7.05 Å². The number of aromatic nitrogens is 3. The topological polar surface area (TPSA) is 83.0 Å². The Kier molecular flexibility index (Phi) is 5.21. The van der Waals surface area contributed by atoms with Crippen molar-refractivity contribution in [3.8, 4) is 0 Å². The second kappa shape index (κ2) is 6.44. The molecule has 6 nitrogen and oxygen atoms in total. The van der Waals surface area contributed by atoms with Crippen LogP contribution < -0.4 is 10.6 Å². The Labute approximate surface area is 99.5 Å². The highest BCUT2D eigenvalue weighted by atomic mass is 35.5. The number of nitrogens with one attached hydrogen (secondary N) is 2. The molecular formula is C9H16ClN5O. The lowest BCUT2D eigenvalue weighted by Crippen LogP contribution is -2.20. The molecule has 0 aliphatic rings. The second-order valence-corrected chi connectivity index (χ2v) is 3.66. The first kappa shape index (κ1) is 12.9. The van der Waals surface area contributed by atoms with Gasteiger partial charge in [0, 0.05) is 13.6 Å². The predicted octanol–water partition coefficient (Wildman–Crippen LogP) is 1.14. The van der Waals surface area contributed by atoms with Crippen LogP contribution >= 0.6 is 11.6 Å². The Morgan fingerprint density at radius 3 is 2.62 bits per heavy atom. The number of aliphatic hydroxyl groups is 1. The zero-order valence-electron chi connectivity index (χ0n) is 9.37. The average molecular weight is 246 g/mol. The summed E-state index contributed by atoms with van der Waals surface area (Å²) < 4.78 is 0. The molecule has 0 aliphatic heterocycles. The highest BCUT2D eigenvalue weighted by Crippen LogP contribution is 2.09. The third-order valence-corrected chi connectivity index (χ3v) is 2.12. The van der Waals surface area contributed by atoms with Gasteiger partial charge in [0.2, 0.25) is 17.2 Å². The van der Waals surface area contributed by atoms with Gasteiger partial charge in [-0.2, -0.15) is 15.0 Å². The summed E-state index contributed by atoms with van der Waals surface area (Å²) in [5.74, 6) is 0.756. The molecule has 0 saturated heterocycles. The van der Waals surface area contributed by atoms with Crippen molar-refractivity contribution in [2.75, 3.05) is 24.2 Å². The molecule has 0 spiro atoms. The first-order valence-corrected chi connectivity index (χ1v) is 5.54. The minimum absolute atomic E-state index is 0.117. The zero-order valence-corrected chi connectivity index (χ0v) is 10.1. The highest BCUT2D eigenvalue weighted by Gasteiger charge is 2.06. The van der Waals surface area contributed by atoms with E-state index in [9.17, 15) is 5.11 Å². The molecule has 7 heteroatoms. The van der Waals surface area contributed by atoms with E-state index >= 15 is 0 Å². The van der Waals surface area contributed by atoms with Crippen LogP contribution in [-0.4, -0.2) is 39.8 Å². The summed E-state index contributed by atoms with van der Waals surface area (Å²) in [6.45, 7) is 2.42. The number of aliphatic hydroxyl groups excluding tert-OH is 1. The maximum absolute atomic E-state index is 9.52. The van der Waals surface area contributed by atoms with E-state index in [2.05, 4.69) is 25.6 Å². The highest BCUT2D eigenvalue weighted by molar-refractivity contribution is 6.28. The van der Waals surface area contributed by atoms with Gasteiger partial charge in [-0.1, -0.05) is 13.3 Å². The van der Waals surface area contributed by atoms with Crippen LogP contribution in [0, 0.1) is 0 Å². The Hall–Kier alpha value is -1.14. The molecular weight excluding hydrogens is 230 g/mol. The van der Waals surface area contributed by atoms with Gasteiger partial charge in [-0.25, -0.2) is 0 Å². The van der Waals surface area contributed by atoms with Crippen LogP contribution in [0.1, 0.15) is 19.8 Å². The van der Waals surface area contributed by atoms with E-state index in [1.807, 2.05) is 6.92 Å². The minimum atomic E-state index is -0.404. The molecule has 0 fully saturated rings. The van der Waals surface area contributed by atoms with Gasteiger partial charge >= 0.3 is 0 Å². The van der Waals surface area contributed by atoms with E-state index in [1.165, 1.54) is 0 Å². The third kappa shape index (κ3) is 4.16. The molecule has 1 aromatic heterocycles. The number of halogens is 1. The molecule has 0 amide bonds. The molecule has 0 aromatic carbocycles. The summed E-state index contributed by atoms with van der Waals surface area (Å²) in [7, 11) is 1.70. The fourth-order valence-corrected chi connectivity index (χ4v) is 1.35. The molecule has 0 bridgehead atoms. The zero-order chi connectivity index (χ0) is 12.0. The average Bonchev–Trinajstić information content (AvgIpc) is 2.26. The van der Waals surface area contributed by atoms with Crippen LogP contribution in [-0.2, 0) is 0 Å². The Balaban J connectivity index is 2.56. The van der Waals surface area contributed by atoms with Crippen molar-refractivity contribution >= 4 is 23.5 Å². The molecule has 0 saturated carbocycles. The smallest absolute Gasteiger partial charge is 0.228 e. The summed E-state index contributed by atoms with van der Waals surface area (Å²) in [6, 6.07) is 0. The lowest BCUT2D eigenvalue weighted by Gasteiger charge is -2.10. The number of rotatable bonds is 6. The number of hydrogen-bond acceptors (Lipinski definition) is 6. The van der Waals surface area contributed by atoms with E-state index in [4.69, 9.17) is 11.6 Å². The van der Waals surface area contributed by atoms with Crippen LogP contribution in [0.15, 0.2) is 0 Å². The minimum Gasteiger partial charge on any atom is -0.391 e. The summed E-state index contributed by atoms with van der Waals surface area (Å²) in [6.07, 6.45) is 1.27. The van der Waals surface area contributed by atoms with Gasteiger partial charge in [-0.3, -0.25) is 0 Å². The molecule has 0 radical (unpaired) electrons. The van der Waals surface area contributed by atoms with Gasteiger partial charge in [-0.15, -0.1) is 0 Å². The van der Waals surface area contributed by atoms with Crippen molar-refractivity contribution in [1.29, 1.82) is 0 Å². The van der Waals surface area contributed by atoms with E-state index in [0.29, 0.717) is 18.4 Å². The van der Waals surface area contributed by atoms with Gasteiger partial charge in [0.25, 0.3) is 0 Å². The molecule has 16 heavy (non-hydrogen) atoms. The van der Waals surface area contributed by atoms with E-state index in [0.717, 1.165) is 12.8 Å². The lowest BCUT2D eigenvalue weighted by atomic mass is 10.2. The fraction of sp³-hybridized carbons (Fsp3) is 0.667. The molecule has 1 rings (SSSR count). The van der Waals surface area contributed by atoms with Gasteiger partial charge in [0.1, 0.15) is 0 Å². The molecule has 1 unspecified atom stereocenters. The number of hydrogen-bond donors (Lipinski definition) is 3. The third-order valence-electron chi connectivity index (χ3n) is 1.95. The van der Waals surface area contributed by atoms with Gasteiger partial charge in [0.15, 0.2) is 0 Å². The Bertz CT molecular complexity index is 336. The van der Waals surface area contributed by atoms with Crippen LogP contribution in [0.25, 0.3) is 0 Å². The van der Waals surface area contributed by atoms with Crippen molar-refractivity contribution in [3.63, 3.8) is 0 Å². The van der Waals surface area contributed by atoms with Crippen LogP contribution in [0.2, 0.25) is 5.28 Å². The summed E-state index contributed by atoms with van der Waals surface area (Å²) in [4.78, 5) is 11.8. The van der Waals surface area contributed by atoms with Crippen molar-refractivity contribution in [3.05, 3.63) is 5.28 Å². The first-order valence-electron chi connectivity index (χ1n) is 5.17. The standard InChI is InChI=1S/C9H16ClN5O/c1-3-4-6(16)5-12-9-14-7(10)13-8(11-2)15-9/h6,16H,3-5H2,1-2H3,(H2,11,12,13,14,15). The van der Waals surface area contributed by atoms with Crippen molar-refractivity contribution < 1.29 is 5.11 Å². The summed E-state index contributed by atoms with van der Waals surface area (Å²) in [5.41, 5.74) is 0. The maximum atomic E-state index is 9.52. The Morgan fingerprint density at radius 2 is 2.00 bits per heavy atom. The monoisotopic (exact) mass is 245 g/mol. The van der Waals surface area contributed by atoms with Gasteiger partial charge in [-0.05, 0) is 18.0 Å². The fourth-order valence-electron chi connectivity index (χ4n) is 1.19. The molecule has 3 N–H and O–H groups in total. The van der Waals surface area contributed by atoms with Gasteiger partial charge in [0.05, 0.1) is 6.10 Å². The number of nitrogens with zero attached hydrogens (tertiary/aromatic N) is 3. The van der Waals surface area contributed by atoms with Crippen molar-refractivity contribution in [2.24, 2.45) is 0 Å². The van der Waals surface area contributed by atoms with E-state index in [-0.39, 0.29) is 5.28 Å². The molecule has 1 aromatic rings. The van der Waals surface area contributed by atoms with Crippen molar-refractivity contribution in [1.82, 2.24) is 15.0 Å². The molecule has 90 valence electrons. The number of anilines is 2. The normalized spacial score (nSPS) is 12.2. The first-order chi connectivity index (χ1) is 7.65. The van der Waals surface area contributed by atoms with Crippen LogP contribution in [0.3, 0.4) is 0 Å².